The molecule has 0 saturated heterocycles. The van der Waals surface area contributed by atoms with Gasteiger partial charge in [0, 0.05) is 22.9 Å². The minimum atomic E-state index is 0.155. The quantitative estimate of drug-likeness (QED) is 0.530. The topological polar surface area (TPSA) is 15.6 Å². The van der Waals surface area contributed by atoms with Gasteiger partial charge in [-0.2, -0.15) is 0 Å². The van der Waals surface area contributed by atoms with Crippen LogP contribution in [0.3, 0.4) is 0 Å². The summed E-state index contributed by atoms with van der Waals surface area (Å²) in [6, 6.07) is 0. The SMILES string of the molecule is CN(C)CC(C)(C)C=NSC(C)(C)C. The zero-order chi connectivity index (χ0) is 11.4. The largest absolute Gasteiger partial charge is 0.308 e. The van der Waals surface area contributed by atoms with Crippen LogP contribution in [0.15, 0.2) is 4.40 Å². The van der Waals surface area contributed by atoms with Crippen LogP contribution < -0.4 is 0 Å². The summed E-state index contributed by atoms with van der Waals surface area (Å²) in [5.74, 6) is 0. The first-order valence-electron chi connectivity index (χ1n) is 5.00. The monoisotopic (exact) mass is 216 g/mol. The Labute approximate surface area is 93.3 Å². The van der Waals surface area contributed by atoms with E-state index in [9.17, 15) is 0 Å². The molecule has 0 aliphatic carbocycles. The van der Waals surface area contributed by atoms with Crippen molar-refractivity contribution >= 4 is 18.2 Å². The maximum absolute atomic E-state index is 4.43. The third-order valence-corrected chi connectivity index (χ3v) is 2.21. The van der Waals surface area contributed by atoms with Crippen molar-refractivity contribution in [2.24, 2.45) is 9.81 Å². The van der Waals surface area contributed by atoms with E-state index in [0.717, 1.165) is 6.54 Å². The normalized spacial score (nSPS) is 14.3. The standard InChI is InChI=1S/C11H24N2S/c1-10(2,3)14-12-8-11(4,5)9-13(6)7/h8H,9H2,1-7H3. The highest BCUT2D eigenvalue weighted by Crippen LogP contribution is 2.25. The highest BCUT2D eigenvalue weighted by molar-refractivity contribution is 7.99. The molecule has 0 aliphatic rings. The minimum Gasteiger partial charge on any atom is -0.308 e. The molecular formula is C11H24N2S. The second-order valence-electron chi connectivity index (χ2n) is 5.66. The molecule has 0 atom stereocenters. The Hall–Kier alpha value is -0.0200. The number of hydrogen-bond acceptors (Lipinski definition) is 3. The predicted molar refractivity (Wildman–Crippen MR) is 68.2 cm³/mol. The average Bonchev–Trinajstić information content (AvgIpc) is 1.78. The highest BCUT2D eigenvalue weighted by atomic mass is 32.2. The van der Waals surface area contributed by atoms with Crippen LogP contribution in [0.4, 0.5) is 0 Å². The van der Waals surface area contributed by atoms with Gasteiger partial charge in [-0.1, -0.05) is 13.8 Å². The molecule has 84 valence electrons. The van der Waals surface area contributed by atoms with Crippen molar-refractivity contribution in [1.82, 2.24) is 4.90 Å². The Morgan fingerprint density at radius 1 is 1.14 bits per heavy atom. The lowest BCUT2D eigenvalue weighted by Crippen LogP contribution is -2.29. The Bertz CT molecular complexity index is 190. The zero-order valence-electron chi connectivity index (χ0n) is 10.6. The van der Waals surface area contributed by atoms with Crippen LogP contribution in [0, 0.1) is 5.41 Å². The Kier molecular flexibility index (Phi) is 5.16. The molecule has 0 N–H and O–H groups in total. The predicted octanol–water partition coefficient (Wildman–Crippen LogP) is 3.09. The van der Waals surface area contributed by atoms with E-state index in [1.54, 1.807) is 11.9 Å². The molecule has 0 aliphatic heterocycles. The molecule has 0 amide bonds. The van der Waals surface area contributed by atoms with E-state index in [4.69, 9.17) is 0 Å². The molecule has 0 aromatic rings. The van der Waals surface area contributed by atoms with Gasteiger partial charge in [0.15, 0.2) is 0 Å². The molecule has 0 aromatic heterocycles. The molecule has 0 spiro atoms. The van der Waals surface area contributed by atoms with Gasteiger partial charge in [0.2, 0.25) is 0 Å². The van der Waals surface area contributed by atoms with Crippen molar-refractivity contribution in [2.75, 3.05) is 20.6 Å². The third kappa shape index (κ3) is 8.57. The average molecular weight is 216 g/mol. The summed E-state index contributed by atoms with van der Waals surface area (Å²) in [5.41, 5.74) is 0.155. The molecule has 0 aromatic carbocycles. The van der Waals surface area contributed by atoms with Gasteiger partial charge in [0.05, 0.1) is 0 Å². The van der Waals surface area contributed by atoms with E-state index >= 15 is 0 Å². The van der Waals surface area contributed by atoms with Crippen LogP contribution in [-0.2, 0) is 0 Å². The molecule has 3 heteroatoms. The first-order chi connectivity index (χ1) is 6.12. The molecule has 0 heterocycles. The minimum absolute atomic E-state index is 0.155. The van der Waals surface area contributed by atoms with E-state index < -0.39 is 0 Å². The first kappa shape index (κ1) is 14.0. The third-order valence-electron chi connectivity index (χ3n) is 1.45. The fourth-order valence-electron chi connectivity index (χ4n) is 1.18. The first-order valence-corrected chi connectivity index (χ1v) is 5.77. The van der Waals surface area contributed by atoms with Gasteiger partial charge in [0.1, 0.15) is 0 Å². The number of rotatable bonds is 4. The van der Waals surface area contributed by atoms with E-state index in [1.807, 2.05) is 0 Å². The summed E-state index contributed by atoms with van der Waals surface area (Å²) < 4.78 is 4.65. The Balaban J connectivity index is 4.08. The molecule has 0 bridgehead atoms. The summed E-state index contributed by atoms with van der Waals surface area (Å²) >= 11 is 1.64. The van der Waals surface area contributed by atoms with Crippen LogP contribution in [0.2, 0.25) is 0 Å². The van der Waals surface area contributed by atoms with Crippen LogP contribution in [0.5, 0.6) is 0 Å². The van der Waals surface area contributed by atoms with E-state index in [1.165, 1.54) is 0 Å². The molecule has 0 unspecified atom stereocenters. The van der Waals surface area contributed by atoms with Crippen molar-refractivity contribution in [2.45, 2.75) is 39.4 Å². The zero-order valence-corrected chi connectivity index (χ0v) is 11.4. The smallest absolute Gasteiger partial charge is 0.0294 e. The van der Waals surface area contributed by atoms with Gasteiger partial charge >= 0.3 is 0 Å². The van der Waals surface area contributed by atoms with Crippen molar-refractivity contribution < 1.29 is 0 Å². The van der Waals surface area contributed by atoms with Gasteiger partial charge in [-0.15, -0.1) is 0 Å². The van der Waals surface area contributed by atoms with E-state index in [0.29, 0.717) is 0 Å². The van der Waals surface area contributed by atoms with Crippen LogP contribution >= 0.6 is 11.9 Å². The summed E-state index contributed by atoms with van der Waals surface area (Å²) in [6.07, 6.45) is 2.06. The van der Waals surface area contributed by atoms with Crippen LogP contribution in [0.25, 0.3) is 0 Å². The maximum Gasteiger partial charge on any atom is 0.0294 e. The summed E-state index contributed by atoms with van der Waals surface area (Å²) in [4.78, 5) is 2.19. The van der Waals surface area contributed by atoms with Crippen LogP contribution in [0.1, 0.15) is 34.6 Å². The lowest BCUT2D eigenvalue weighted by molar-refractivity contribution is 0.315. The van der Waals surface area contributed by atoms with E-state index in [-0.39, 0.29) is 10.2 Å². The molecule has 14 heavy (non-hydrogen) atoms. The van der Waals surface area contributed by atoms with Gasteiger partial charge in [-0.3, -0.25) is 0 Å². The lowest BCUT2D eigenvalue weighted by atomic mass is 9.95. The van der Waals surface area contributed by atoms with Crippen molar-refractivity contribution in [3.8, 4) is 0 Å². The molecule has 0 fully saturated rings. The van der Waals surface area contributed by atoms with Crippen molar-refractivity contribution in [3.63, 3.8) is 0 Å². The molecular weight excluding hydrogens is 192 g/mol. The summed E-state index contributed by atoms with van der Waals surface area (Å²) in [5, 5.41) is 0. The van der Waals surface area contributed by atoms with Crippen molar-refractivity contribution in [3.05, 3.63) is 0 Å². The molecule has 0 saturated carbocycles. The van der Waals surface area contributed by atoms with Gasteiger partial charge in [0.25, 0.3) is 0 Å². The Morgan fingerprint density at radius 2 is 1.64 bits per heavy atom. The Morgan fingerprint density at radius 3 is 2.00 bits per heavy atom. The fourth-order valence-corrected chi connectivity index (χ4v) is 1.84. The number of hydrogen-bond donors (Lipinski definition) is 0. The fraction of sp³-hybridized carbons (Fsp3) is 0.909. The summed E-state index contributed by atoms with van der Waals surface area (Å²) in [6.45, 7) is 12.0. The molecule has 0 radical (unpaired) electrons. The van der Waals surface area contributed by atoms with Crippen molar-refractivity contribution in [1.29, 1.82) is 0 Å². The highest BCUT2D eigenvalue weighted by Gasteiger charge is 2.17. The summed E-state index contributed by atoms with van der Waals surface area (Å²) in [7, 11) is 4.18. The molecule has 2 nitrogen and oxygen atoms in total. The van der Waals surface area contributed by atoms with Gasteiger partial charge in [-0.25, -0.2) is 4.40 Å². The van der Waals surface area contributed by atoms with Gasteiger partial charge < -0.3 is 4.90 Å². The number of nitrogens with zero attached hydrogens (tertiary/aromatic N) is 2. The second-order valence-corrected chi connectivity index (χ2v) is 7.28. The maximum atomic E-state index is 4.43. The lowest BCUT2D eigenvalue weighted by Gasteiger charge is -2.24. The second kappa shape index (κ2) is 5.17. The van der Waals surface area contributed by atoms with E-state index in [2.05, 4.69) is 64.2 Å². The molecule has 0 rings (SSSR count). The van der Waals surface area contributed by atoms with Gasteiger partial charge in [-0.05, 0) is 46.8 Å². The van der Waals surface area contributed by atoms with Crippen LogP contribution in [-0.4, -0.2) is 36.5 Å².